The third-order valence-electron chi connectivity index (χ3n) is 4.58. The first kappa shape index (κ1) is 10.9. The van der Waals surface area contributed by atoms with Crippen LogP contribution >= 0.6 is 0 Å². The highest BCUT2D eigenvalue weighted by Crippen LogP contribution is 2.56. The van der Waals surface area contributed by atoms with Crippen LogP contribution in [0.4, 0.5) is 0 Å². The van der Waals surface area contributed by atoms with Gasteiger partial charge >= 0.3 is 5.97 Å². The Morgan fingerprint density at radius 3 is 2.20 bits per heavy atom. The molecule has 0 aromatic heterocycles. The van der Waals surface area contributed by atoms with E-state index in [9.17, 15) is 9.90 Å². The molecule has 2 fully saturated rings. The summed E-state index contributed by atoms with van der Waals surface area (Å²) in [5, 5.41) is 9.52. The zero-order chi connectivity index (χ0) is 11.1. The first-order valence-electron chi connectivity index (χ1n) is 5.99. The number of aliphatic carboxylic acids is 1. The predicted octanol–water partition coefficient (Wildman–Crippen LogP) is 2.12. The molecule has 0 radical (unpaired) electrons. The summed E-state index contributed by atoms with van der Waals surface area (Å²) in [7, 11) is 0. The quantitative estimate of drug-likeness (QED) is 0.777. The zero-order valence-electron chi connectivity index (χ0n) is 9.75. The maximum absolute atomic E-state index is 11.6. The van der Waals surface area contributed by atoms with E-state index in [4.69, 9.17) is 0 Å². The highest BCUT2D eigenvalue weighted by molar-refractivity contribution is 5.80. The van der Waals surface area contributed by atoms with Crippen molar-refractivity contribution in [2.24, 2.45) is 5.41 Å². The van der Waals surface area contributed by atoms with E-state index in [1.54, 1.807) is 0 Å². The number of carbonyl (C=O) groups is 1. The highest BCUT2D eigenvalue weighted by Gasteiger charge is 2.60. The molecule has 1 aliphatic carbocycles. The Hall–Kier alpha value is -0.570. The van der Waals surface area contributed by atoms with E-state index in [1.807, 2.05) is 6.92 Å². The van der Waals surface area contributed by atoms with Gasteiger partial charge in [-0.15, -0.1) is 0 Å². The number of nitrogens with zero attached hydrogens (tertiary/aromatic N) is 1. The number of carboxylic acids is 1. The normalized spacial score (nSPS) is 29.5. The van der Waals surface area contributed by atoms with Crippen LogP contribution in [0.3, 0.4) is 0 Å². The summed E-state index contributed by atoms with van der Waals surface area (Å²) in [4.78, 5) is 13.8. The molecule has 0 aromatic carbocycles. The molecule has 1 aliphatic heterocycles. The van der Waals surface area contributed by atoms with E-state index in [0.717, 1.165) is 38.8 Å². The van der Waals surface area contributed by atoms with Crippen LogP contribution in [-0.4, -0.2) is 34.6 Å². The van der Waals surface area contributed by atoms with Crippen LogP contribution in [0.5, 0.6) is 0 Å². The maximum atomic E-state index is 11.6. The lowest BCUT2D eigenvalue weighted by Gasteiger charge is -2.44. The number of carboxylic acid groups (broad SMARTS) is 1. The van der Waals surface area contributed by atoms with Gasteiger partial charge in [0.2, 0.25) is 0 Å². The van der Waals surface area contributed by atoms with Crippen LogP contribution in [0.1, 0.15) is 46.0 Å². The molecule has 0 amide bonds. The predicted molar refractivity (Wildman–Crippen MR) is 58.8 cm³/mol. The molecule has 1 saturated heterocycles. The molecule has 1 unspecified atom stereocenters. The lowest BCUT2D eigenvalue weighted by Crippen LogP contribution is -2.59. The number of likely N-dealkylation sites (tertiary alicyclic amines) is 1. The van der Waals surface area contributed by atoms with Gasteiger partial charge in [0.05, 0.1) is 0 Å². The summed E-state index contributed by atoms with van der Waals surface area (Å²) in [6, 6.07) is 0. The summed E-state index contributed by atoms with van der Waals surface area (Å²) in [5.74, 6) is -0.635. The van der Waals surface area contributed by atoms with Crippen molar-refractivity contribution in [3.05, 3.63) is 0 Å². The molecule has 3 nitrogen and oxygen atoms in total. The van der Waals surface area contributed by atoms with Crippen molar-refractivity contribution in [3.8, 4) is 0 Å². The summed E-state index contributed by atoms with van der Waals surface area (Å²) >= 11 is 0. The van der Waals surface area contributed by atoms with Crippen molar-refractivity contribution in [2.45, 2.75) is 51.5 Å². The lowest BCUT2D eigenvalue weighted by atomic mass is 9.81. The summed E-state index contributed by atoms with van der Waals surface area (Å²) in [6.45, 7) is 5.96. The molecule has 86 valence electrons. The van der Waals surface area contributed by atoms with Crippen molar-refractivity contribution in [2.75, 3.05) is 13.1 Å². The van der Waals surface area contributed by atoms with Gasteiger partial charge in [-0.05, 0) is 51.1 Å². The minimum atomic E-state index is -0.635. The van der Waals surface area contributed by atoms with Gasteiger partial charge in [0.15, 0.2) is 0 Å². The third-order valence-corrected chi connectivity index (χ3v) is 4.58. The average molecular weight is 211 g/mol. The molecule has 15 heavy (non-hydrogen) atoms. The number of hydrogen-bond donors (Lipinski definition) is 1. The SMILES string of the molecule is CC1(C(C)(C(=O)O)N2CCCCC2)CC1. The van der Waals surface area contributed by atoms with Gasteiger partial charge in [0.1, 0.15) is 5.54 Å². The molecular formula is C12H21NO2. The molecule has 0 bridgehead atoms. The Bertz CT molecular complexity index is 267. The number of hydrogen-bond acceptors (Lipinski definition) is 2. The van der Waals surface area contributed by atoms with Crippen LogP contribution in [0.15, 0.2) is 0 Å². The van der Waals surface area contributed by atoms with Crippen molar-refractivity contribution >= 4 is 5.97 Å². The van der Waals surface area contributed by atoms with Gasteiger partial charge in [-0.3, -0.25) is 9.69 Å². The van der Waals surface area contributed by atoms with Gasteiger partial charge in [0.25, 0.3) is 0 Å². The van der Waals surface area contributed by atoms with Crippen molar-refractivity contribution in [1.29, 1.82) is 0 Å². The fraction of sp³-hybridized carbons (Fsp3) is 0.917. The molecule has 2 aliphatic rings. The fourth-order valence-electron chi connectivity index (χ4n) is 2.79. The minimum Gasteiger partial charge on any atom is -0.480 e. The van der Waals surface area contributed by atoms with Crippen molar-refractivity contribution in [3.63, 3.8) is 0 Å². The smallest absolute Gasteiger partial charge is 0.324 e. The van der Waals surface area contributed by atoms with E-state index in [2.05, 4.69) is 11.8 Å². The van der Waals surface area contributed by atoms with Gasteiger partial charge in [-0.25, -0.2) is 0 Å². The number of rotatable bonds is 3. The summed E-state index contributed by atoms with van der Waals surface area (Å²) in [6.07, 6.45) is 5.68. The first-order valence-corrected chi connectivity index (χ1v) is 5.99. The van der Waals surface area contributed by atoms with Crippen molar-refractivity contribution in [1.82, 2.24) is 4.90 Å². The molecule has 1 saturated carbocycles. The van der Waals surface area contributed by atoms with E-state index >= 15 is 0 Å². The minimum absolute atomic E-state index is 0.0101. The Morgan fingerprint density at radius 1 is 1.27 bits per heavy atom. The molecular weight excluding hydrogens is 190 g/mol. The topological polar surface area (TPSA) is 40.5 Å². The van der Waals surface area contributed by atoms with Gasteiger partial charge in [0, 0.05) is 0 Å². The van der Waals surface area contributed by atoms with E-state index in [-0.39, 0.29) is 5.41 Å². The van der Waals surface area contributed by atoms with Crippen molar-refractivity contribution < 1.29 is 9.90 Å². The van der Waals surface area contributed by atoms with Gasteiger partial charge < -0.3 is 5.11 Å². The van der Waals surface area contributed by atoms with Gasteiger partial charge in [-0.2, -0.15) is 0 Å². The summed E-state index contributed by atoms with van der Waals surface area (Å²) in [5.41, 5.74) is -0.621. The zero-order valence-corrected chi connectivity index (χ0v) is 9.75. The fourth-order valence-corrected chi connectivity index (χ4v) is 2.79. The molecule has 2 rings (SSSR count). The second-order valence-corrected chi connectivity index (χ2v) is 5.49. The number of piperidine rings is 1. The highest BCUT2D eigenvalue weighted by atomic mass is 16.4. The van der Waals surface area contributed by atoms with Crippen LogP contribution in [-0.2, 0) is 4.79 Å². The lowest BCUT2D eigenvalue weighted by molar-refractivity contribution is -0.156. The third kappa shape index (κ3) is 1.57. The van der Waals surface area contributed by atoms with Crippen LogP contribution in [0.2, 0.25) is 0 Å². The average Bonchev–Trinajstić information content (AvgIpc) is 2.98. The second kappa shape index (κ2) is 3.48. The molecule has 1 heterocycles. The molecule has 0 aromatic rings. The Morgan fingerprint density at radius 2 is 1.80 bits per heavy atom. The molecule has 0 spiro atoms. The van der Waals surface area contributed by atoms with E-state index in [0.29, 0.717) is 0 Å². The summed E-state index contributed by atoms with van der Waals surface area (Å²) < 4.78 is 0. The Labute approximate surface area is 91.5 Å². The van der Waals surface area contributed by atoms with Crippen LogP contribution in [0.25, 0.3) is 0 Å². The largest absolute Gasteiger partial charge is 0.480 e. The Kier molecular flexibility index (Phi) is 2.53. The van der Waals surface area contributed by atoms with Crippen LogP contribution in [0, 0.1) is 5.41 Å². The molecule has 1 N–H and O–H groups in total. The Balaban J connectivity index is 2.21. The molecule has 3 heteroatoms. The van der Waals surface area contributed by atoms with E-state index in [1.165, 1.54) is 6.42 Å². The van der Waals surface area contributed by atoms with E-state index < -0.39 is 11.5 Å². The van der Waals surface area contributed by atoms with Gasteiger partial charge in [-0.1, -0.05) is 13.3 Å². The maximum Gasteiger partial charge on any atom is 0.324 e. The van der Waals surface area contributed by atoms with Crippen LogP contribution < -0.4 is 0 Å². The second-order valence-electron chi connectivity index (χ2n) is 5.49. The first-order chi connectivity index (χ1) is 7.01. The monoisotopic (exact) mass is 211 g/mol. The standard InChI is InChI=1S/C12H21NO2/c1-11(6-7-11)12(2,10(14)15)13-8-4-3-5-9-13/h3-9H2,1-2H3,(H,14,15). The molecule has 1 atom stereocenters.